The van der Waals surface area contributed by atoms with E-state index in [1.54, 1.807) is 29.2 Å². The van der Waals surface area contributed by atoms with Crippen LogP contribution in [0.25, 0.3) is 0 Å². The first kappa shape index (κ1) is 28.7. The summed E-state index contributed by atoms with van der Waals surface area (Å²) in [5, 5.41) is 0. The molecule has 0 aliphatic carbocycles. The van der Waals surface area contributed by atoms with Crippen LogP contribution in [0.5, 0.6) is 0 Å². The standard InChI is InChI=1S/C22H30N4O3S.CH4O3S/c1-23-30(28,29)24-20-13-7-6-12-19(20)16-22(27)25(2)21(17-26-14-8-9-15-26)18-10-4-3-5-11-18;1-5(2,3)4/h3-7,10-13,21,23-24H,8-9,14-17H2,1-2H3;1H3,(H,2,3,4)/t21-;/m0./s1. The van der Waals surface area contributed by atoms with Gasteiger partial charge >= 0.3 is 0 Å². The van der Waals surface area contributed by atoms with E-state index in [4.69, 9.17) is 4.55 Å². The molecule has 3 rings (SSSR count). The maximum absolute atomic E-state index is 13.2. The van der Waals surface area contributed by atoms with Gasteiger partial charge in [-0.15, -0.1) is 0 Å². The molecule has 0 saturated carbocycles. The average molecular weight is 527 g/mol. The van der Waals surface area contributed by atoms with Crippen molar-refractivity contribution in [1.29, 1.82) is 0 Å². The first-order chi connectivity index (χ1) is 16.4. The first-order valence-corrected chi connectivity index (χ1v) is 14.5. The molecule has 10 nitrogen and oxygen atoms in total. The van der Waals surface area contributed by atoms with Crippen LogP contribution in [0.4, 0.5) is 5.69 Å². The second-order valence-corrected chi connectivity index (χ2v) is 11.4. The number of nitrogens with one attached hydrogen (secondary N) is 2. The van der Waals surface area contributed by atoms with Gasteiger partial charge in [0.25, 0.3) is 20.3 Å². The molecule has 35 heavy (non-hydrogen) atoms. The molecular weight excluding hydrogens is 492 g/mol. The zero-order chi connectivity index (χ0) is 26.1. The second-order valence-electron chi connectivity index (χ2n) is 8.32. The lowest BCUT2D eigenvalue weighted by molar-refractivity contribution is -0.131. The zero-order valence-electron chi connectivity index (χ0n) is 20.2. The number of amides is 1. The van der Waals surface area contributed by atoms with Crippen LogP contribution in [0.3, 0.4) is 0 Å². The van der Waals surface area contributed by atoms with Gasteiger partial charge in [0.15, 0.2) is 0 Å². The van der Waals surface area contributed by atoms with Crippen molar-refractivity contribution in [2.75, 3.05) is 44.7 Å². The van der Waals surface area contributed by atoms with Crippen molar-refractivity contribution in [3.8, 4) is 0 Å². The number of anilines is 1. The van der Waals surface area contributed by atoms with E-state index in [1.807, 2.05) is 25.2 Å². The Morgan fingerprint density at radius 1 is 1.03 bits per heavy atom. The average Bonchev–Trinajstić information content (AvgIpc) is 3.31. The minimum atomic E-state index is -3.67. The molecule has 1 fully saturated rings. The molecular formula is C23H34N4O6S2. The van der Waals surface area contributed by atoms with Gasteiger partial charge in [-0.2, -0.15) is 16.8 Å². The van der Waals surface area contributed by atoms with Gasteiger partial charge in [0.2, 0.25) is 5.91 Å². The third kappa shape index (κ3) is 10.3. The topological polar surface area (TPSA) is 136 Å². The molecule has 12 heteroatoms. The summed E-state index contributed by atoms with van der Waals surface area (Å²) in [6.07, 6.45) is 3.21. The smallest absolute Gasteiger partial charge is 0.298 e. The molecule has 0 aromatic heterocycles. The van der Waals surface area contributed by atoms with Gasteiger partial charge in [0.05, 0.1) is 24.4 Å². The summed E-state index contributed by atoms with van der Waals surface area (Å²) >= 11 is 0. The Hall–Kier alpha value is -2.51. The summed E-state index contributed by atoms with van der Waals surface area (Å²) in [4.78, 5) is 17.4. The Kier molecular flexibility index (Phi) is 10.7. The number of hydrogen-bond acceptors (Lipinski definition) is 6. The highest BCUT2D eigenvalue weighted by atomic mass is 32.2. The molecule has 1 amide bonds. The van der Waals surface area contributed by atoms with Gasteiger partial charge in [-0.1, -0.05) is 48.5 Å². The summed E-state index contributed by atoms with van der Waals surface area (Å²) in [6.45, 7) is 2.90. The number of likely N-dealkylation sites (tertiary alicyclic amines) is 1. The van der Waals surface area contributed by atoms with Crippen molar-refractivity contribution >= 4 is 31.9 Å². The highest BCUT2D eigenvalue weighted by Crippen LogP contribution is 2.25. The highest BCUT2D eigenvalue weighted by molar-refractivity contribution is 7.90. The Labute approximate surface area is 208 Å². The quantitative estimate of drug-likeness (QED) is 0.425. The Bertz CT molecular complexity index is 1160. The van der Waals surface area contributed by atoms with Crippen LogP contribution in [0.2, 0.25) is 0 Å². The van der Waals surface area contributed by atoms with Crippen molar-refractivity contribution in [3.63, 3.8) is 0 Å². The van der Waals surface area contributed by atoms with Crippen LogP contribution in [-0.2, 0) is 31.5 Å². The Morgan fingerprint density at radius 2 is 1.57 bits per heavy atom. The van der Waals surface area contributed by atoms with Crippen molar-refractivity contribution in [3.05, 3.63) is 65.7 Å². The lowest BCUT2D eigenvalue weighted by Gasteiger charge is -2.32. The first-order valence-electron chi connectivity index (χ1n) is 11.1. The van der Waals surface area contributed by atoms with Crippen molar-refractivity contribution in [1.82, 2.24) is 14.5 Å². The molecule has 1 aliphatic rings. The lowest BCUT2D eigenvalue weighted by Crippen LogP contribution is -2.39. The van der Waals surface area contributed by atoms with E-state index in [-0.39, 0.29) is 18.4 Å². The maximum Gasteiger partial charge on any atom is 0.298 e. The van der Waals surface area contributed by atoms with Crippen molar-refractivity contribution < 1.29 is 26.2 Å². The predicted molar refractivity (Wildman–Crippen MR) is 137 cm³/mol. The summed E-state index contributed by atoms with van der Waals surface area (Å²) in [7, 11) is -4.15. The largest absolute Gasteiger partial charge is 0.337 e. The fraction of sp³-hybridized carbons (Fsp3) is 0.435. The Morgan fingerprint density at radius 3 is 2.14 bits per heavy atom. The van der Waals surface area contributed by atoms with E-state index in [9.17, 15) is 21.6 Å². The number of benzene rings is 2. The number of carbonyl (C=O) groups is 1. The number of carbonyl (C=O) groups excluding carboxylic acids is 1. The van der Waals surface area contributed by atoms with Gasteiger partial charge in [-0.05, 0) is 43.1 Å². The molecule has 0 bridgehead atoms. The highest BCUT2D eigenvalue weighted by Gasteiger charge is 2.26. The van der Waals surface area contributed by atoms with Crippen molar-refractivity contribution in [2.45, 2.75) is 25.3 Å². The van der Waals surface area contributed by atoms with E-state index in [0.717, 1.165) is 25.2 Å². The molecule has 1 atom stereocenters. The van der Waals surface area contributed by atoms with Crippen LogP contribution in [0.1, 0.15) is 30.0 Å². The minimum Gasteiger partial charge on any atom is -0.337 e. The number of rotatable bonds is 9. The van der Waals surface area contributed by atoms with E-state index in [1.165, 1.54) is 19.9 Å². The fourth-order valence-electron chi connectivity index (χ4n) is 3.77. The molecule has 2 aromatic rings. The van der Waals surface area contributed by atoms with E-state index in [2.05, 4.69) is 26.5 Å². The normalized spacial score (nSPS) is 15.1. The number of para-hydroxylation sites is 1. The molecule has 2 aromatic carbocycles. The number of likely N-dealkylation sites (N-methyl/N-ethyl adjacent to an activating group) is 1. The molecule has 0 radical (unpaired) electrons. The summed E-state index contributed by atoms with van der Waals surface area (Å²) in [6, 6.07) is 17.0. The second kappa shape index (κ2) is 13.0. The minimum absolute atomic E-state index is 0.0563. The van der Waals surface area contributed by atoms with Crippen LogP contribution >= 0.6 is 0 Å². The molecule has 1 saturated heterocycles. The van der Waals surface area contributed by atoms with Crippen LogP contribution in [0, 0.1) is 0 Å². The summed E-state index contributed by atoms with van der Waals surface area (Å²) in [5.74, 6) is -0.0563. The zero-order valence-corrected chi connectivity index (χ0v) is 21.8. The molecule has 0 spiro atoms. The molecule has 3 N–H and O–H groups in total. The lowest BCUT2D eigenvalue weighted by atomic mass is 10.0. The van der Waals surface area contributed by atoms with Gasteiger partial charge in [0, 0.05) is 20.6 Å². The maximum atomic E-state index is 13.2. The summed E-state index contributed by atoms with van der Waals surface area (Å²) in [5.41, 5.74) is 2.15. The SMILES string of the molecule is CNS(=O)(=O)Nc1ccccc1CC(=O)N(C)[C@@H](CN1CCCC1)c1ccccc1.CS(=O)(=O)O. The van der Waals surface area contributed by atoms with E-state index < -0.39 is 20.3 Å². The number of hydrogen-bond donors (Lipinski definition) is 3. The van der Waals surface area contributed by atoms with Gasteiger partial charge in [0.1, 0.15) is 0 Å². The van der Waals surface area contributed by atoms with Crippen LogP contribution in [-0.4, -0.2) is 77.1 Å². The Balaban J connectivity index is 0.000000784. The van der Waals surface area contributed by atoms with E-state index in [0.29, 0.717) is 17.5 Å². The molecule has 0 unspecified atom stereocenters. The van der Waals surface area contributed by atoms with Crippen LogP contribution < -0.4 is 9.44 Å². The van der Waals surface area contributed by atoms with E-state index >= 15 is 0 Å². The molecule has 1 aliphatic heterocycles. The van der Waals surface area contributed by atoms with Crippen molar-refractivity contribution in [2.24, 2.45) is 0 Å². The van der Waals surface area contributed by atoms with Gasteiger partial charge in [-0.25, -0.2) is 4.72 Å². The molecule has 194 valence electrons. The third-order valence-electron chi connectivity index (χ3n) is 5.55. The monoisotopic (exact) mass is 526 g/mol. The predicted octanol–water partition coefficient (Wildman–Crippen LogP) is 1.90. The fourth-order valence-corrected chi connectivity index (χ4v) is 4.36. The third-order valence-corrected chi connectivity index (χ3v) is 6.57. The molecule has 1 heterocycles. The van der Waals surface area contributed by atoms with Crippen LogP contribution in [0.15, 0.2) is 54.6 Å². The number of nitrogens with zero attached hydrogens (tertiary/aromatic N) is 2. The van der Waals surface area contributed by atoms with Gasteiger partial charge < -0.3 is 9.80 Å². The van der Waals surface area contributed by atoms with Gasteiger partial charge in [-0.3, -0.25) is 14.1 Å². The summed E-state index contributed by atoms with van der Waals surface area (Å²) < 4.78 is 54.4.